The Morgan fingerprint density at radius 1 is 1.00 bits per heavy atom. The number of amides is 2. The van der Waals surface area contributed by atoms with E-state index in [4.69, 9.17) is 11.6 Å². The van der Waals surface area contributed by atoms with Gasteiger partial charge in [0, 0.05) is 50.2 Å². The van der Waals surface area contributed by atoms with Gasteiger partial charge >= 0.3 is 0 Å². The molecule has 2 saturated carbocycles. The van der Waals surface area contributed by atoms with Crippen molar-refractivity contribution in [1.29, 1.82) is 0 Å². The smallest absolute Gasteiger partial charge is 0.240 e. The first kappa shape index (κ1) is 32.9. The summed E-state index contributed by atoms with van der Waals surface area (Å²) >= 11 is 6.19. The second-order valence-electron chi connectivity index (χ2n) is 13.7. The standard InChI is InChI=1S/C35H53ClN6O2/c1-3-40(4-2)33(43)23-28-12-16-31(17-13-28)39-32(22-27-10-14-30(36)15-11-27)34(44)41-20-18-35(19-21-41,24-42-26-37-25-38-42)29-8-6-5-7-9-29/h10-11,14-15,25-26,28-29,31-32,39H,3-9,12-13,16-24H2,1-2H3/t28?,31?,32-/m1/s1. The van der Waals surface area contributed by atoms with Crippen LogP contribution in [0, 0.1) is 17.3 Å². The summed E-state index contributed by atoms with van der Waals surface area (Å²) in [7, 11) is 0. The second-order valence-corrected chi connectivity index (χ2v) is 14.1. The Morgan fingerprint density at radius 3 is 2.30 bits per heavy atom. The molecule has 3 aliphatic rings. The maximum Gasteiger partial charge on any atom is 0.240 e. The topological polar surface area (TPSA) is 83.4 Å². The molecule has 3 fully saturated rings. The van der Waals surface area contributed by atoms with Gasteiger partial charge in [0.2, 0.25) is 11.8 Å². The van der Waals surface area contributed by atoms with Crippen molar-refractivity contribution in [2.45, 2.75) is 116 Å². The third-order valence-corrected chi connectivity index (χ3v) is 11.3. The molecular formula is C35H53ClN6O2. The fourth-order valence-corrected chi connectivity index (χ4v) is 8.41. The number of carbonyl (C=O) groups excluding carboxylic acids is 2. The van der Waals surface area contributed by atoms with Gasteiger partial charge in [-0.1, -0.05) is 43.0 Å². The molecule has 1 atom stereocenters. The highest BCUT2D eigenvalue weighted by molar-refractivity contribution is 6.30. The molecule has 1 aromatic heterocycles. The zero-order valence-corrected chi connectivity index (χ0v) is 27.7. The number of aromatic nitrogens is 3. The van der Waals surface area contributed by atoms with Crippen LogP contribution in [-0.2, 0) is 22.6 Å². The van der Waals surface area contributed by atoms with E-state index in [-0.39, 0.29) is 29.3 Å². The normalized spacial score (nSPS) is 23.3. The van der Waals surface area contributed by atoms with E-state index in [0.717, 1.165) is 76.8 Å². The van der Waals surface area contributed by atoms with Crippen molar-refractivity contribution in [2.24, 2.45) is 17.3 Å². The molecule has 44 heavy (non-hydrogen) atoms. The quantitative estimate of drug-likeness (QED) is 0.307. The van der Waals surface area contributed by atoms with Crippen LogP contribution in [0.15, 0.2) is 36.9 Å². The summed E-state index contributed by atoms with van der Waals surface area (Å²) in [6.07, 6.45) is 17.4. The number of likely N-dealkylation sites (tertiary alicyclic amines) is 1. The van der Waals surface area contributed by atoms with E-state index in [1.165, 1.54) is 32.1 Å². The van der Waals surface area contributed by atoms with Gasteiger partial charge in [-0.15, -0.1) is 0 Å². The molecule has 242 valence electrons. The number of piperidine rings is 1. The van der Waals surface area contributed by atoms with Gasteiger partial charge < -0.3 is 15.1 Å². The van der Waals surface area contributed by atoms with Gasteiger partial charge in [-0.25, -0.2) is 4.98 Å². The molecule has 8 nitrogen and oxygen atoms in total. The first-order valence-electron chi connectivity index (χ1n) is 17.3. The Balaban J connectivity index is 1.23. The van der Waals surface area contributed by atoms with Crippen LogP contribution in [0.2, 0.25) is 5.02 Å². The minimum Gasteiger partial charge on any atom is -0.343 e. The third-order valence-electron chi connectivity index (χ3n) is 11.0. The van der Waals surface area contributed by atoms with Gasteiger partial charge in [0.15, 0.2) is 0 Å². The monoisotopic (exact) mass is 624 g/mol. The zero-order chi connectivity index (χ0) is 30.9. The van der Waals surface area contributed by atoms with Crippen molar-refractivity contribution >= 4 is 23.4 Å². The summed E-state index contributed by atoms with van der Waals surface area (Å²) < 4.78 is 2.02. The highest BCUT2D eigenvalue weighted by atomic mass is 35.5. The molecule has 2 aromatic rings. The lowest BCUT2D eigenvalue weighted by molar-refractivity contribution is -0.137. The van der Waals surface area contributed by atoms with E-state index in [1.54, 1.807) is 6.33 Å². The van der Waals surface area contributed by atoms with E-state index in [0.29, 0.717) is 29.7 Å². The number of benzene rings is 1. The first-order chi connectivity index (χ1) is 21.4. The summed E-state index contributed by atoms with van der Waals surface area (Å²) in [4.78, 5) is 35.3. The predicted molar refractivity (Wildman–Crippen MR) is 175 cm³/mol. The predicted octanol–water partition coefficient (Wildman–Crippen LogP) is 6.14. The third kappa shape index (κ3) is 8.42. The lowest BCUT2D eigenvalue weighted by Crippen LogP contribution is -2.55. The number of carbonyl (C=O) groups is 2. The molecule has 2 heterocycles. The van der Waals surface area contributed by atoms with Crippen molar-refractivity contribution in [3.63, 3.8) is 0 Å². The molecule has 0 unspecified atom stereocenters. The van der Waals surface area contributed by atoms with E-state index in [9.17, 15) is 9.59 Å². The lowest BCUT2D eigenvalue weighted by atomic mass is 9.63. The second kappa shape index (κ2) is 15.7. The van der Waals surface area contributed by atoms with Crippen LogP contribution >= 0.6 is 11.6 Å². The number of nitrogens with one attached hydrogen (secondary N) is 1. The lowest BCUT2D eigenvalue weighted by Gasteiger charge is -2.48. The fraction of sp³-hybridized carbons (Fsp3) is 0.714. The van der Waals surface area contributed by atoms with Gasteiger partial charge in [0.25, 0.3) is 0 Å². The number of halogens is 1. The van der Waals surface area contributed by atoms with E-state index in [2.05, 4.69) is 34.1 Å². The minimum atomic E-state index is -0.271. The minimum absolute atomic E-state index is 0.172. The summed E-state index contributed by atoms with van der Waals surface area (Å²) in [5.41, 5.74) is 1.30. The summed E-state index contributed by atoms with van der Waals surface area (Å²) in [6, 6.07) is 7.94. The van der Waals surface area contributed by atoms with Crippen LogP contribution in [0.25, 0.3) is 0 Å². The molecule has 0 spiro atoms. The van der Waals surface area contributed by atoms with Crippen LogP contribution in [0.1, 0.15) is 96.5 Å². The fourth-order valence-electron chi connectivity index (χ4n) is 8.28. The molecule has 0 bridgehead atoms. The van der Waals surface area contributed by atoms with Crippen molar-refractivity contribution in [3.8, 4) is 0 Å². The molecule has 0 radical (unpaired) electrons. The van der Waals surface area contributed by atoms with Crippen LogP contribution in [0.5, 0.6) is 0 Å². The van der Waals surface area contributed by atoms with Crippen LogP contribution in [-0.4, -0.2) is 74.6 Å². The van der Waals surface area contributed by atoms with Gasteiger partial charge in [0.1, 0.15) is 12.7 Å². The Bertz CT molecular complexity index is 1160. The van der Waals surface area contributed by atoms with Crippen molar-refractivity contribution < 1.29 is 9.59 Å². The van der Waals surface area contributed by atoms with E-state index < -0.39 is 0 Å². The average molecular weight is 625 g/mol. The molecule has 1 aromatic carbocycles. The number of hydrogen-bond acceptors (Lipinski definition) is 5. The molecule has 2 amide bonds. The van der Waals surface area contributed by atoms with Gasteiger partial charge in [-0.05, 0) is 107 Å². The van der Waals surface area contributed by atoms with Gasteiger partial charge in [-0.2, -0.15) is 5.10 Å². The number of hydrogen-bond donors (Lipinski definition) is 1. The molecule has 1 aliphatic heterocycles. The van der Waals surface area contributed by atoms with Crippen LogP contribution < -0.4 is 5.32 Å². The molecular weight excluding hydrogens is 572 g/mol. The van der Waals surface area contributed by atoms with Gasteiger partial charge in [-0.3, -0.25) is 14.3 Å². The van der Waals surface area contributed by atoms with Crippen molar-refractivity contribution in [2.75, 3.05) is 26.2 Å². The Labute approximate surface area is 269 Å². The van der Waals surface area contributed by atoms with Gasteiger partial charge in [0.05, 0.1) is 6.04 Å². The van der Waals surface area contributed by atoms with Crippen molar-refractivity contribution in [1.82, 2.24) is 29.9 Å². The summed E-state index contributed by atoms with van der Waals surface area (Å²) in [5, 5.41) is 9.00. The Hall–Kier alpha value is -2.45. The van der Waals surface area contributed by atoms with Crippen LogP contribution in [0.4, 0.5) is 0 Å². The number of rotatable bonds is 12. The maximum absolute atomic E-state index is 14.3. The summed E-state index contributed by atoms with van der Waals surface area (Å²) in [6.45, 7) is 8.14. The molecule has 1 N–H and O–H groups in total. The van der Waals surface area contributed by atoms with Crippen molar-refractivity contribution in [3.05, 3.63) is 47.5 Å². The Morgan fingerprint density at radius 2 is 1.68 bits per heavy atom. The SMILES string of the molecule is CCN(CC)C(=O)CC1CCC(N[C@H](Cc2ccc(Cl)cc2)C(=O)N2CCC(Cn3cncn3)(C3CCCCC3)CC2)CC1. The molecule has 5 rings (SSSR count). The molecule has 9 heteroatoms. The first-order valence-corrected chi connectivity index (χ1v) is 17.7. The zero-order valence-electron chi connectivity index (χ0n) is 26.9. The highest BCUT2D eigenvalue weighted by Gasteiger charge is 2.44. The summed E-state index contributed by atoms with van der Waals surface area (Å²) in [5.74, 6) is 1.62. The van der Waals surface area contributed by atoms with E-state index >= 15 is 0 Å². The average Bonchev–Trinajstić information content (AvgIpc) is 3.56. The van der Waals surface area contributed by atoms with Crippen LogP contribution in [0.3, 0.4) is 0 Å². The highest BCUT2D eigenvalue weighted by Crippen LogP contribution is 2.47. The van der Waals surface area contributed by atoms with E-state index in [1.807, 2.05) is 40.2 Å². The molecule has 2 aliphatic carbocycles. The maximum atomic E-state index is 14.3. The molecule has 1 saturated heterocycles. The number of nitrogens with zero attached hydrogens (tertiary/aromatic N) is 5. The largest absolute Gasteiger partial charge is 0.343 e. The Kier molecular flexibility index (Phi) is 11.8.